The van der Waals surface area contributed by atoms with E-state index in [9.17, 15) is 4.79 Å². The van der Waals surface area contributed by atoms with Crippen molar-refractivity contribution in [3.05, 3.63) is 58.1 Å². The summed E-state index contributed by atoms with van der Waals surface area (Å²) in [5, 5.41) is 3.85. The second-order valence-corrected chi connectivity index (χ2v) is 6.33. The first-order valence-electron chi connectivity index (χ1n) is 7.14. The van der Waals surface area contributed by atoms with Gasteiger partial charge in [0.15, 0.2) is 0 Å². The van der Waals surface area contributed by atoms with E-state index < -0.39 is 0 Å². The largest absolute Gasteiger partial charge is 0.359 e. The molecule has 2 aromatic rings. The van der Waals surface area contributed by atoms with Gasteiger partial charge in [0.2, 0.25) is 5.91 Å². The van der Waals surface area contributed by atoms with Crippen molar-refractivity contribution >= 4 is 40.5 Å². The first kappa shape index (κ1) is 15.2. The molecule has 0 bridgehead atoms. The molecule has 0 radical (unpaired) electrons. The lowest BCUT2D eigenvalue weighted by atomic mass is 10.1. The first-order valence-corrected chi connectivity index (χ1v) is 7.89. The summed E-state index contributed by atoms with van der Waals surface area (Å²) < 4.78 is 0. The maximum absolute atomic E-state index is 12.3. The maximum Gasteiger partial charge on any atom is 0.243 e. The van der Waals surface area contributed by atoms with Crippen molar-refractivity contribution in [2.45, 2.75) is 19.4 Å². The normalized spacial score (nSPS) is 16.5. The van der Waals surface area contributed by atoms with Crippen molar-refractivity contribution in [2.24, 2.45) is 0 Å². The fourth-order valence-electron chi connectivity index (χ4n) is 2.81. The van der Waals surface area contributed by atoms with E-state index in [0.29, 0.717) is 28.3 Å². The Bertz CT molecular complexity index is 718. The van der Waals surface area contributed by atoms with E-state index in [1.54, 1.807) is 18.2 Å². The highest BCUT2D eigenvalue weighted by molar-refractivity contribution is 6.35. The predicted octanol–water partition coefficient (Wildman–Crippen LogP) is 4.38. The van der Waals surface area contributed by atoms with Gasteiger partial charge in [0.25, 0.3) is 0 Å². The molecule has 1 N–H and O–H groups in total. The van der Waals surface area contributed by atoms with Crippen LogP contribution >= 0.6 is 23.2 Å². The molecular formula is C17H16Cl2N2O. The van der Waals surface area contributed by atoms with Crippen LogP contribution in [-0.2, 0) is 11.2 Å². The SMILES string of the molecule is C[C@@H]1Cc2ccccc2N1CC(=O)Nc1cc(Cl)ccc1Cl. The number of hydrogen-bond donors (Lipinski definition) is 1. The lowest BCUT2D eigenvalue weighted by molar-refractivity contribution is -0.115. The topological polar surface area (TPSA) is 32.3 Å². The molecule has 0 saturated heterocycles. The zero-order chi connectivity index (χ0) is 15.7. The fourth-order valence-corrected chi connectivity index (χ4v) is 3.15. The highest BCUT2D eigenvalue weighted by Crippen LogP contribution is 2.31. The summed E-state index contributed by atoms with van der Waals surface area (Å²) in [7, 11) is 0. The molecule has 22 heavy (non-hydrogen) atoms. The van der Waals surface area contributed by atoms with E-state index in [1.807, 2.05) is 12.1 Å². The molecule has 0 unspecified atom stereocenters. The molecule has 1 atom stereocenters. The predicted molar refractivity (Wildman–Crippen MR) is 92.0 cm³/mol. The lowest BCUT2D eigenvalue weighted by Gasteiger charge is -2.24. The molecule has 2 aromatic carbocycles. The van der Waals surface area contributed by atoms with E-state index in [2.05, 4.69) is 29.3 Å². The Labute approximate surface area is 139 Å². The Hall–Kier alpha value is -1.71. The van der Waals surface area contributed by atoms with Gasteiger partial charge in [0, 0.05) is 16.8 Å². The van der Waals surface area contributed by atoms with Crippen LogP contribution in [0.1, 0.15) is 12.5 Å². The third-order valence-electron chi connectivity index (χ3n) is 3.86. The minimum Gasteiger partial charge on any atom is -0.359 e. The van der Waals surface area contributed by atoms with E-state index in [1.165, 1.54) is 5.56 Å². The third-order valence-corrected chi connectivity index (χ3v) is 4.43. The highest BCUT2D eigenvalue weighted by Gasteiger charge is 2.27. The lowest BCUT2D eigenvalue weighted by Crippen LogP contribution is -2.37. The zero-order valence-corrected chi connectivity index (χ0v) is 13.7. The van der Waals surface area contributed by atoms with Crippen LogP contribution in [0.4, 0.5) is 11.4 Å². The van der Waals surface area contributed by atoms with Gasteiger partial charge in [-0.05, 0) is 43.2 Å². The summed E-state index contributed by atoms with van der Waals surface area (Å²) in [6, 6.07) is 13.5. The van der Waals surface area contributed by atoms with Gasteiger partial charge in [0.1, 0.15) is 0 Å². The van der Waals surface area contributed by atoms with Crippen LogP contribution < -0.4 is 10.2 Å². The fraction of sp³-hybridized carbons (Fsp3) is 0.235. The third kappa shape index (κ3) is 3.06. The summed E-state index contributed by atoms with van der Waals surface area (Å²) in [5.74, 6) is -0.104. The molecule has 1 heterocycles. The van der Waals surface area contributed by atoms with Crippen LogP contribution in [0, 0.1) is 0 Å². The van der Waals surface area contributed by atoms with Gasteiger partial charge in [-0.3, -0.25) is 4.79 Å². The molecule has 1 aliphatic rings. The monoisotopic (exact) mass is 334 g/mol. The van der Waals surface area contributed by atoms with Gasteiger partial charge in [-0.1, -0.05) is 41.4 Å². The van der Waals surface area contributed by atoms with E-state index >= 15 is 0 Å². The summed E-state index contributed by atoms with van der Waals surface area (Å²) in [5.41, 5.74) is 2.95. The number of para-hydroxylation sites is 1. The Kier molecular flexibility index (Phi) is 4.27. The number of fused-ring (bicyclic) bond motifs is 1. The molecule has 3 nitrogen and oxygen atoms in total. The second-order valence-electron chi connectivity index (χ2n) is 5.48. The van der Waals surface area contributed by atoms with Gasteiger partial charge >= 0.3 is 0 Å². The maximum atomic E-state index is 12.3. The molecule has 1 amide bonds. The Morgan fingerprint density at radius 3 is 2.86 bits per heavy atom. The number of hydrogen-bond acceptors (Lipinski definition) is 2. The average Bonchev–Trinajstić information content (AvgIpc) is 2.79. The van der Waals surface area contributed by atoms with Crippen molar-refractivity contribution in [1.82, 2.24) is 0 Å². The second kappa shape index (κ2) is 6.19. The molecule has 0 spiro atoms. The standard InChI is InChI=1S/C17H16Cl2N2O/c1-11-8-12-4-2-3-5-16(12)21(11)10-17(22)20-15-9-13(18)6-7-14(15)19/h2-7,9,11H,8,10H2,1H3,(H,20,22)/t11-/m1/s1. The zero-order valence-electron chi connectivity index (χ0n) is 12.1. The van der Waals surface area contributed by atoms with Crippen LogP contribution in [0.15, 0.2) is 42.5 Å². The van der Waals surface area contributed by atoms with Gasteiger partial charge in [-0.15, -0.1) is 0 Å². The van der Waals surface area contributed by atoms with E-state index in [0.717, 1.165) is 12.1 Å². The van der Waals surface area contributed by atoms with Crippen molar-refractivity contribution in [2.75, 3.05) is 16.8 Å². The summed E-state index contributed by atoms with van der Waals surface area (Å²) >= 11 is 12.0. The average molecular weight is 335 g/mol. The van der Waals surface area contributed by atoms with E-state index in [4.69, 9.17) is 23.2 Å². The summed E-state index contributed by atoms with van der Waals surface area (Å²) in [6.07, 6.45) is 0.960. The highest BCUT2D eigenvalue weighted by atomic mass is 35.5. The number of carbonyl (C=O) groups excluding carboxylic acids is 1. The molecule has 114 valence electrons. The summed E-state index contributed by atoms with van der Waals surface area (Å²) in [6.45, 7) is 2.42. The van der Waals surface area contributed by atoms with Crippen molar-refractivity contribution in [3.8, 4) is 0 Å². The Balaban J connectivity index is 1.73. The number of benzene rings is 2. The molecule has 3 rings (SSSR count). The Morgan fingerprint density at radius 1 is 1.27 bits per heavy atom. The van der Waals surface area contributed by atoms with Crippen LogP contribution in [0.5, 0.6) is 0 Å². The number of amides is 1. The molecule has 1 aliphatic heterocycles. The molecule has 0 aliphatic carbocycles. The molecule has 5 heteroatoms. The number of rotatable bonds is 3. The van der Waals surface area contributed by atoms with Gasteiger partial charge in [-0.25, -0.2) is 0 Å². The van der Waals surface area contributed by atoms with Crippen molar-refractivity contribution < 1.29 is 4.79 Å². The molecule has 0 saturated carbocycles. The minimum atomic E-state index is -0.104. The first-order chi connectivity index (χ1) is 10.5. The molecular weight excluding hydrogens is 319 g/mol. The van der Waals surface area contributed by atoms with Crippen LogP contribution in [0.2, 0.25) is 10.0 Å². The number of nitrogens with zero attached hydrogens (tertiary/aromatic N) is 1. The van der Waals surface area contributed by atoms with E-state index in [-0.39, 0.29) is 5.91 Å². The smallest absolute Gasteiger partial charge is 0.243 e. The van der Waals surface area contributed by atoms with Gasteiger partial charge in [-0.2, -0.15) is 0 Å². The number of nitrogens with one attached hydrogen (secondary N) is 1. The van der Waals surface area contributed by atoms with Crippen molar-refractivity contribution in [1.29, 1.82) is 0 Å². The Morgan fingerprint density at radius 2 is 2.05 bits per heavy atom. The molecule has 0 fully saturated rings. The van der Waals surface area contributed by atoms with Crippen LogP contribution in [0.25, 0.3) is 0 Å². The van der Waals surface area contributed by atoms with Crippen LogP contribution in [0.3, 0.4) is 0 Å². The number of carbonyl (C=O) groups is 1. The van der Waals surface area contributed by atoms with Gasteiger partial charge < -0.3 is 10.2 Å². The molecule has 0 aromatic heterocycles. The van der Waals surface area contributed by atoms with Crippen LogP contribution in [-0.4, -0.2) is 18.5 Å². The number of halogens is 2. The van der Waals surface area contributed by atoms with Gasteiger partial charge in [0.05, 0.1) is 17.3 Å². The van der Waals surface area contributed by atoms with Crippen molar-refractivity contribution in [3.63, 3.8) is 0 Å². The minimum absolute atomic E-state index is 0.104. The number of anilines is 2. The summed E-state index contributed by atoms with van der Waals surface area (Å²) in [4.78, 5) is 14.4. The quantitative estimate of drug-likeness (QED) is 0.903.